The van der Waals surface area contributed by atoms with Crippen LogP contribution in [-0.4, -0.2) is 32.3 Å². The molecule has 3 aromatic rings. The molecular formula is C25H28BrN5O2S. The molecule has 3 rings (SSSR count). The van der Waals surface area contributed by atoms with Crippen LogP contribution in [0.2, 0.25) is 0 Å². The minimum atomic E-state index is -0.378. The lowest BCUT2D eigenvalue weighted by molar-refractivity contribution is -0.113. The average Bonchev–Trinajstić information content (AvgIpc) is 3.17. The van der Waals surface area contributed by atoms with Gasteiger partial charge in [-0.3, -0.25) is 9.59 Å². The van der Waals surface area contributed by atoms with Crippen LogP contribution < -0.4 is 10.6 Å². The number of aromatic nitrogens is 3. The second kappa shape index (κ2) is 11.5. The quantitative estimate of drug-likeness (QED) is 0.280. The number of nitrogens with zero attached hydrogens (tertiary/aromatic N) is 3. The minimum absolute atomic E-state index is 0.131. The van der Waals surface area contributed by atoms with E-state index >= 15 is 0 Å². The van der Waals surface area contributed by atoms with Gasteiger partial charge in [0.25, 0.3) is 5.91 Å². The predicted octanol–water partition coefficient (Wildman–Crippen LogP) is 5.37. The number of thioether (sulfide) groups is 1. The third-order valence-electron chi connectivity index (χ3n) is 5.17. The van der Waals surface area contributed by atoms with Crippen LogP contribution in [0.3, 0.4) is 0 Å². The number of rotatable bonds is 9. The van der Waals surface area contributed by atoms with Crippen molar-refractivity contribution in [3.8, 4) is 0 Å². The minimum Gasteiger partial charge on any atom is -0.342 e. The second-order valence-electron chi connectivity index (χ2n) is 8.06. The van der Waals surface area contributed by atoms with E-state index in [9.17, 15) is 9.59 Å². The Kier molecular flexibility index (Phi) is 8.68. The number of nitrogens with one attached hydrogen (secondary N) is 2. The Balaban J connectivity index is 1.69. The largest absolute Gasteiger partial charge is 0.342 e. The van der Waals surface area contributed by atoms with Crippen molar-refractivity contribution in [2.75, 3.05) is 11.1 Å². The monoisotopic (exact) mass is 541 g/mol. The van der Waals surface area contributed by atoms with Gasteiger partial charge in [-0.1, -0.05) is 51.5 Å². The lowest BCUT2D eigenvalue weighted by Gasteiger charge is -2.15. The van der Waals surface area contributed by atoms with Crippen molar-refractivity contribution < 1.29 is 9.59 Å². The van der Waals surface area contributed by atoms with Crippen molar-refractivity contribution in [2.24, 2.45) is 0 Å². The summed E-state index contributed by atoms with van der Waals surface area (Å²) in [5.41, 5.74) is 4.39. The van der Waals surface area contributed by atoms with Gasteiger partial charge in [0.2, 0.25) is 5.91 Å². The Labute approximate surface area is 212 Å². The molecule has 0 saturated carbocycles. The second-order valence-corrected chi connectivity index (χ2v) is 9.91. The number of carbonyl (C=O) groups excluding carboxylic acids is 2. The molecule has 0 fully saturated rings. The molecule has 0 spiro atoms. The van der Waals surface area contributed by atoms with Gasteiger partial charge in [0.1, 0.15) is 0 Å². The molecule has 0 bridgehead atoms. The fourth-order valence-electron chi connectivity index (χ4n) is 3.57. The van der Waals surface area contributed by atoms with E-state index < -0.39 is 0 Å². The summed E-state index contributed by atoms with van der Waals surface area (Å²) in [5.74, 6) is 0.462. The molecule has 2 N–H and O–H groups in total. The third-order valence-corrected chi connectivity index (χ3v) is 6.59. The van der Waals surface area contributed by atoms with Gasteiger partial charge in [-0.25, -0.2) is 0 Å². The average molecular weight is 543 g/mol. The smallest absolute Gasteiger partial charge is 0.251 e. The summed E-state index contributed by atoms with van der Waals surface area (Å²) in [6, 6.07) is 11.0. The van der Waals surface area contributed by atoms with Crippen LogP contribution in [0.5, 0.6) is 0 Å². The molecule has 178 valence electrons. The Morgan fingerprint density at radius 2 is 1.88 bits per heavy atom. The molecule has 34 heavy (non-hydrogen) atoms. The van der Waals surface area contributed by atoms with Gasteiger partial charge in [0.05, 0.1) is 11.8 Å². The van der Waals surface area contributed by atoms with Crippen LogP contribution in [0.4, 0.5) is 5.69 Å². The van der Waals surface area contributed by atoms with E-state index in [2.05, 4.69) is 43.3 Å². The number of allylic oxidation sites excluding steroid dienone is 1. The van der Waals surface area contributed by atoms with E-state index in [0.29, 0.717) is 23.1 Å². The van der Waals surface area contributed by atoms with Crippen molar-refractivity contribution in [2.45, 2.75) is 45.4 Å². The molecule has 0 aliphatic heterocycles. The number of aryl methyl sites for hydroxylation is 3. The molecule has 1 atom stereocenters. The summed E-state index contributed by atoms with van der Waals surface area (Å²) >= 11 is 4.77. The van der Waals surface area contributed by atoms with Gasteiger partial charge in [-0.15, -0.1) is 16.8 Å². The van der Waals surface area contributed by atoms with Crippen molar-refractivity contribution in [1.29, 1.82) is 0 Å². The molecule has 7 nitrogen and oxygen atoms in total. The fraction of sp³-hybridized carbons (Fsp3) is 0.280. The van der Waals surface area contributed by atoms with Gasteiger partial charge < -0.3 is 15.2 Å². The first-order valence-electron chi connectivity index (χ1n) is 10.8. The number of hydrogen-bond donors (Lipinski definition) is 2. The highest BCUT2D eigenvalue weighted by Gasteiger charge is 2.21. The molecule has 0 saturated heterocycles. The Morgan fingerprint density at radius 3 is 2.53 bits per heavy atom. The van der Waals surface area contributed by atoms with Gasteiger partial charge in [-0.2, -0.15) is 0 Å². The summed E-state index contributed by atoms with van der Waals surface area (Å²) < 4.78 is 2.84. The van der Waals surface area contributed by atoms with E-state index in [-0.39, 0.29) is 23.6 Å². The van der Waals surface area contributed by atoms with Gasteiger partial charge in [0, 0.05) is 22.3 Å². The number of halogens is 1. The summed E-state index contributed by atoms with van der Waals surface area (Å²) in [5, 5.41) is 15.1. The lowest BCUT2D eigenvalue weighted by atomic mass is 10.1. The SMILES string of the molecule is C=CCn1c(SCC(=O)Nc2c(C)cc(Br)cc2C)nnc1[C@@H](C)NC(=O)c1cccc(C)c1. The number of carbonyl (C=O) groups is 2. The highest BCUT2D eigenvalue weighted by Crippen LogP contribution is 2.26. The highest BCUT2D eigenvalue weighted by molar-refractivity contribution is 9.10. The van der Waals surface area contributed by atoms with E-state index in [1.807, 2.05) is 62.6 Å². The van der Waals surface area contributed by atoms with Crippen LogP contribution in [0.15, 0.2) is 58.7 Å². The molecule has 0 aliphatic carbocycles. The lowest BCUT2D eigenvalue weighted by Crippen LogP contribution is -2.29. The Bertz CT molecular complexity index is 1200. The molecule has 0 unspecified atom stereocenters. The molecule has 1 heterocycles. The van der Waals surface area contributed by atoms with Crippen molar-refractivity contribution in [3.05, 3.63) is 81.6 Å². The summed E-state index contributed by atoms with van der Waals surface area (Å²) in [4.78, 5) is 25.3. The fourth-order valence-corrected chi connectivity index (χ4v) is 5.01. The van der Waals surface area contributed by atoms with Crippen LogP contribution in [0.25, 0.3) is 0 Å². The van der Waals surface area contributed by atoms with Crippen molar-refractivity contribution in [1.82, 2.24) is 20.1 Å². The zero-order valence-corrected chi connectivity index (χ0v) is 22.1. The predicted molar refractivity (Wildman–Crippen MR) is 140 cm³/mol. The number of benzene rings is 2. The number of anilines is 1. The Morgan fingerprint density at radius 1 is 1.18 bits per heavy atom. The van der Waals surface area contributed by atoms with Gasteiger partial charge >= 0.3 is 0 Å². The van der Waals surface area contributed by atoms with E-state index in [4.69, 9.17) is 0 Å². The topological polar surface area (TPSA) is 88.9 Å². The van der Waals surface area contributed by atoms with Crippen LogP contribution in [0.1, 0.15) is 45.8 Å². The zero-order chi connectivity index (χ0) is 24.8. The molecule has 0 aliphatic rings. The van der Waals surface area contributed by atoms with E-state index in [1.165, 1.54) is 11.8 Å². The van der Waals surface area contributed by atoms with Crippen LogP contribution in [0, 0.1) is 20.8 Å². The highest BCUT2D eigenvalue weighted by atomic mass is 79.9. The van der Waals surface area contributed by atoms with Crippen LogP contribution >= 0.6 is 27.7 Å². The summed E-state index contributed by atoms with van der Waals surface area (Å²) in [6.45, 7) is 12.0. The van der Waals surface area contributed by atoms with Crippen LogP contribution in [-0.2, 0) is 11.3 Å². The van der Waals surface area contributed by atoms with Gasteiger partial charge in [0.15, 0.2) is 11.0 Å². The molecule has 0 radical (unpaired) electrons. The summed E-state index contributed by atoms with van der Waals surface area (Å²) in [6.07, 6.45) is 1.74. The molecule has 1 aromatic heterocycles. The summed E-state index contributed by atoms with van der Waals surface area (Å²) in [7, 11) is 0. The normalized spacial score (nSPS) is 11.7. The maximum absolute atomic E-state index is 12.7. The van der Waals surface area contributed by atoms with E-state index in [0.717, 1.165) is 26.9 Å². The van der Waals surface area contributed by atoms with E-state index in [1.54, 1.807) is 12.1 Å². The first-order valence-corrected chi connectivity index (χ1v) is 12.6. The first kappa shape index (κ1) is 25.7. The standard InChI is InChI=1S/C25H28BrN5O2S/c1-6-10-31-23(18(5)27-24(33)19-9-7-8-15(2)11-19)29-30-25(31)34-14-21(32)28-22-16(3)12-20(26)13-17(22)4/h6-9,11-13,18H,1,10,14H2,2-5H3,(H,27,33)(H,28,32)/t18-/m1/s1. The first-order chi connectivity index (χ1) is 16.2. The molecular weight excluding hydrogens is 514 g/mol. The van der Waals surface area contributed by atoms with Crippen molar-refractivity contribution >= 4 is 45.2 Å². The molecule has 2 amide bonds. The molecule has 9 heteroatoms. The zero-order valence-electron chi connectivity index (χ0n) is 19.7. The van der Waals surface area contributed by atoms with Crippen molar-refractivity contribution in [3.63, 3.8) is 0 Å². The number of amides is 2. The van der Waals surface area contributed by atoms with Gasteiger partial charge in [-0.05, 0) is 63.1 Å². The Hall–Kier alpha value is -2.91. The molecule has 2 aromatic carbocycles. The third kappa shape index (κ3) is 6.36. The maximum atomic E-state index is 12.7. The maximum Gasteiger partial charge on any atom is 0.251 e. The number of hydrogen-bond acceptors (Lipinski definition) is 5.